The number of allylic oxidation sites excluding steroid dienone is 1. The van der Waals surface area contributed by atoms with Gasteiger partial charge in [0.15, 0.2) is 34.6 Å². The van der Waals surface area contributed by atoms with Crippen molar-refractivity contribution in [1.82, 2.24) is 0 Å². The van der Waals surface area contributed by atoms with Crippen LogP contribution in [0.2, 0.25) is 0 Å². The lowest BCUT2D eigenvalue weighted by Gasteiger charge is -2.14. The van der Waals surface area contributed by atoms with E-state index >= 15 is 0 Å². The number of hydrogen-bond donors (Lipinski definition) is 0. The van der Waals surface area contributed by atoms with Crippen molar-refractivity contribution in [1.29, 1.82) is 0 Å². The van der Waals surface area contributed by atoms with E-state index in [0.29, 0.717) is 0 Å². The minimum Gasteiger partial charge on any atom is -0.493 e. The quantitative estimate of drug-likeness (QED) is 0.741. The SMILES string of the molecule is COc1cc2c(c(OC)c1OC)O/C(=C/c1cc(F)c(OC)c(F)c1)C2=O. The average molecular weight is 378 g/mol. The molecule has 1 aliphatic heterocycles. The van der Waals surface area contributed by atoms with Gasteiger partial charge in [-0.1, -0.05) is 0 Å². The van der Waals surface area contributed by atoms with Crippen LogP contribution in [-0.4, -0.2) is 34.2 Å². The molecule has 3 rings (SSSR count). The molecule has 1 heterocycles. The zero-order chi connectivity index (χ0) is 19.7. The van der Waals surface area contributed by atoms with Gasteiger partial charge in [0, 0.05) is 0 Å². The normalized spacial score (nSPS) is 14.0. The number of ketones is 1. The standard InChI is InChI=1S/C19H16F2O6/c1-23-14-8-10-15(22)13(27-16(10)19(26-4)18(14)25-3)7-9-5-11(20)17(24-2)12(21)6-9/h5-8H,1-4H3/b13-7+. The van der Waals surface area contributed by atoms with Crippen LogP contribution in [0.3, 0.4) is 0 Å². The van der Waals surface area contributed by atoms with Crippen LogP contribution in [0.25, 0.3) is 6.08 Å². The van der Waals surface area contributed by atoms with Crippen LogP contribution >= 0.6 is 0 Å². The fourth-order valence-electron chi connectivity index (χ4n) is 2.79. The summed E-state index contributed by atoms with van der Waals surface area (Å²) in [5, 5.41) is 0. The zero-order valence-corrected chi connectivity index (χ0v) is 15.0. The summed E-state index contributed by atoms with van der Waals surface area (Å²) in [5.74, 6) is -2.04. The summed E-state index contributed by atoms with van der Waals surface area (Å²) in [6, 6.07) is 3.52. The third-order valence-electron chi connectivity index (χ3n) is 3.99. The van der Waals surface area contributed by atoms with Crippen molar-refractivity contribution in [2.45, 2.75) is 0 Å². The highest BCUT2D eigenvalue weighted by atomic mass is 19.1. The van der Waals surface area contributed by atoms with Crippen LogP contribution in [0.4, 0.5) is 8.78 Å². The minimum atomic E-state index is -0.895. The number of Topliss-reactive ketones (excluding diaryl/α,β-unsaturated/α-hetero) is 1. The molecule has 0 spiro atoms. The zero-order valence-electron chi connectivity index (χ0n) is 15.0. The molecule has 142 valence electrons. The van der Waals surface area contributed by atoms with Gasteiger partial charge in [-0.2, -0.15) is 0 Å². The van der Waals surface area contributed by atoms with Gasteiger partial charge < -0.3 is 23.7 Å². The van der Waals surface area contributed by atoms with Gasteiger partial charge in [-0.25, -0.2) is 8.78 Å². The molecule has 27 heavy (non-hydrogen) atoms. The van der Waals surface area contributed by atoms with Crippen molar-refractivity contribution in [3.05, 3.63) is 46.7 Å². The molecule has 0 N–H and O–H groups in total. The van der Waals surface area contributed by atoms with E-state index in [1.54, 1.807) is 0 Å². The molecule has 0 aliphatic carbocycles. The van der Waals surface area contributed by atoms with Gasteiger partial charge in [0.2, 0.25) is 17.3 Å². The summed E-state index contributed by atoms with van der Waals surface area (Å²) in [7, 11) is 5.39. The largest absolute Gasteiger partial charge is 0.493 e. The molecule has 6 nitrogen and oxygen atoms in total. The minimum absolute atomic E-state index is 0.0971. The van der Waals surface area contributed by atoms with E-state index in [-0.39, 0.29) is 39.9 Å². The van der Waals surface area contributed by atoms with Crippen molar-refractivity contribution in [3.8, 4) is 28.7 Å². The van der Waals surface area contributed by atoms with Gasteiger partial charge in [0.25, 0.3) is 0 Å². The fraction of sp³-hybridized carbons (Fsp3) is 0.211. The first kappa shape index (κ1) is 18.5. The summed E-state index contributed by atoms with van der Waals surface area (Å²) in [6.07, 6.45) is 1.23. The molecule has 8 heteroatoms. The van der Waals surface area contributed by atoms with Gasteiger partial charge in [-0.15, -0.1) is 0 Å². The van der Waals surface area contributed by atoms with E-state index < -0.39 is 23.2 Å². The Kier molecular flexibility index (Phi) is 4.89. The molecule has 0 bridgehead atoms. The van der Waals surface area contributed by atoms with Crippen LogP contribution in [0.1, 0.15) is 15.9 Å². The van der Waals surface area contributed by atoms with Gasteiger partial charge in [-0.3, -0.25) is 4.79 Å². The third-order valence-corrected chi connectivity index (χ3v) is 3.99. The highest BCUT2D eigenvalue weighted by molar-refractivity contribution is 6.15. The number of methoxy groups -OCH3 is 4. The van der Waals surface area contributed by atoms with Gasteiger partial charge in [-0.05, 0) is 29.8 Å². The van der Waals surface area contributed by atoms with Crippen LogP contribution in [0.5, 0.6) is 28.7 Å². The predicted molar refractivity (Wildman–Crippen MR) is 91.9 cm³/mol. The number of carbonyl (C=O) groups excluding carboxylic acids is 1. The van der Waals surface area contributed by atoms with E-state index in [4.69, 9.17) is 18.9 Å². The molecular weight excluding hydrogens is 362 g/mol. The van der Waals surface area contributed by atoms with Gasteiger partial charge >= 0.3 is 0 Å². The Bertz CT molecular complexity index is 929. The highest BCUT2D eigenvalue weighted by Gasteiger charge is 2.34. The number of benzene rings is 2. The number of fused-ring (bicyclic) bond motifs is 1. The summed E-state index contributed by atoms with van der Waals surface area (Å²) >= 11 is 0. The maximum atomic E-state index is 13.9. The van der Waals surface area contributed by atoms with Crippen molar-refractivity contribution < 1.29 is 37.3 Å². The molecule has 0 saturated heterocycles. The van der Waals surface area contributed by atoms with Gasteiger partial charge in [0.05, 0.1) is 34.0 Å². The average Bonchev–Trinajstić information content (AvgIpc) is 2.95. The van der Waals surface area contributed by atoms with Crippen molar-refractivity contribution in [2.75, 3.05) is 28.4 Å². The molecule has 0 saturated carbocycles. The lowest BCUT2D eigenvalue weighted by atomic mass is 10.1. The van der Waals surface area contributed by atoms with Crippen LogP contribution in [0.15, 0.2) is 24.0 Å². The Morgan fingerprint density at radius 1 is 0.852 bits per heavy atom. The molecule has 2 aromatic carbocycles. The predicted octanol–water partition coefficient (Wildman–Crippen LogP) is 3.62. The Morgan fingerprint density at radius 2 is 1.44 bits per heavy atom. The van der Waals surface area contributed by atoms with E-state index in [2.05, 4.69) is 4.74 Å². The first-order valence-corrected chi connectivity index (χ1v) is 7.75. The number of carbonyl (C=O) groups is 1. The molecule has 1 aliphatic rings. The molecule has 0 unspecified atom stereocenters. The molecule has 0 atom stereocenters. The molecule has 0 amide bonds. The highest BCUT2D eigenvalue weighted by Crippen LogP contribution is 2.50. The molecular formula is C19H16F2O6. The molecule has 0 fully saturated rings. The van der Waals surface area contributed by atoms with E-state index in [9.17, 15) is 13.6 Å². The molecule has 0 aromatic heterocycles. The summed E-state index contributed by atoms with van der Waals surface area (Å²) < 4.78 is 53.8. The summed E-state index contributed by atoms with van der Waals surface area (Å²) in [6.45, 7) is 0. The fourth-order valence-corrected chi connectivity index (χ4v) is 2.79. The number of rotatable bonds is 5. The van der Waals surface area contributed by atoms with E-state index in [0.717, 1.165) is 19.2 Å². The Balaban J connectivity index is 2.08. The van der Waals surface area contributed by atoms with E-state index in [1.165, 1.54) is 33.5 Å². The van der Waals surface area contributed by atoms with Crippen LogP contribution < -0.4 is 23.7 Å². The summed E-state index contributed by atoms with van der Waals surface area (Å²) in [5.41, 5.74) is 0.282. The van der Waals surface area contributed by atoms with Crippen molar-refractivity contribution in [2.24, 2.45) is 0 Å². The first-order valence-electron chi connectivity index (χ1n) is 7.75. The number of halogens is 2. The third kappa shape index (κ3) is 3.03. The van der Waals surface area contributed by atoms with E-state index in [1.807, 2.05) is 0 Å². The second-order valence-corrected chi connectivity index (χ2v) is 5.48. The van der Waals surface area contributed by atoms with Gasteiger partial charge in [0.1, 0.15) is 0 Å². The van der Waals surface area contributed by atoms with Crippen molar-refractivity contribution in [3.63, 3.8) is 0 Å². The lowest BCUT2D eigenvalue weighted by Crippen LogP contribution is -1.99. The summed E-state index contributed by atoms with van der Waals surface area (Å²) in [4.78, 5) is 12.7. The Morgan fingerprint density at radius 3 is 1.96 bits per heavy atom. The Labute approximate surface area is 153 Å². The lowest BCUT2D eigenvalue weighted by molar-refractivity contribution is 0.101. The Hall–Kier alpha value is -3.29. The number of ether oxygens (including phenoxy) is 5. The van der Waals surface area contributed by atoms with Crippen molar-refractivity contribution >= 4 is 11.9 Å². The second-order valence-electron chi connectivity index (χ2n) is 5.48. The first-order chi connectivity index (χ1) is 12.9. The topological polar surface area (TPSA) is 63.2 Å². The van der Waals surface area contributed by atoms with Crippen LogP contribution in [-0.2, 0) is 0 Å². The van der Waals surface area contributed by atoms with Crippen LogP contribution in [0, 0.1) is 11.6 Å². The molecule has 2 aromatic rings. The monoisotopic (exact) mass is 378 g/mol. The number of hydrogen-bond acceptors (Lipinski definition) is 6. The maximum Gasteiger partial charge on any atom is 0.232 e. The second kappa shape index (κ2) is 7.14. The maximum absolute atomic E-state index is 13.9. The molecule has 0 radical (unpaired) electrons. The smallest absolute Gasteiger partial charge is 0.232 e.